The lowest BCUT2D eigenvalue weighted by Crippen LogP contribution is -2.19. The third-order valence-electron chi connectivity index (χ3n) is 2.62. The van der Waals surface area contributed by atoms with Crippen LogP contribution in [0.25, 0.3) is 5.78 Å². The van der Waals surface area contributed by atoms with E-state index >= 15 is 0 Å². The molecule has 2 aromatic heterocycles. The summed E-state index contributed by atoms with van der Waals surface area (Å²) in [7, 11) is 0. The number of thioether (sulfide) groups is 1. The Morgan fingerprint density at radius 2 is 2.14 bits per heavy atom. The fourth-order valence-corrected chi connectivity index (χ4v) is 2.39. The predicted molar refractivity (Wildman–Crippen MR) is 79.5 cm³/mol. The van der Waals surface area contributed by atoms with E-state index in [2.05, 4.69) is 15.1 Å². The van der Waals surface area contributed by atoms with Gasteiger partial charge in [0.2, 0.25) is 0 Å². The Kier molecular flexibility index (Phi) is 4.66. The van der Waals surface area contributed by atoms with Crippen molar-refractivity contribution in [3.8, 4) is 0 Å². The summed E-state index contributed by atoms with van der Waals surface area (Å²) < 4.78 is 6.42. The maximum atomic E-state index is 11.8. The number of fused-ring (bicyclic) bond motifs is 1. The summed E-state index contributed by atoms with van der Waals surface area (Å²) in [6, 6.07) is 1.42. The molecule has 21 heavy (non-hydrogen) atoms. The Labute approximate surface area is 126 Å². The summed E-state index contributed by atoms with van der Waals surface area (Å²) in [5, 5.41) is 2.87. The van der Waals surface area contributed by atoms with E-state index in [0.29, 0.717) is 29.2 Å². The minimum absolute atomic E-state index is 0.230. The summed E-state index contributed by atoms with van der Waals surface area (Å²) in [4.78, 5) is 31.9. The van der Waals surface area contributed by atoms with E-state index in [1.54, 1.807) is 13.8 Å². The van der Waals surface area contributed by atoms with Crippen LogP contribution < -0.4 is 5.56 Å². The molecule has 0 aliphatic carbocycles. The average molecular weight is 310 g/mol. The monoisotopic (exact) mass is 310 g/mol. The first-order valence-corrected chi connectivity index (χ1v) is 7.54. The van der Waals surface area contributed by atoms with Crippen molar-refractivity contribution in [3.05, 3.63) is 22.1 Å². The number of aromatic nitrogens is 4. The molecule has 0 aromatic carbocycles. The zero-order chi connectivity index (χ0) is 15.6. The summed E-state index contributed by atoms with van der Waals surface area (Å²) in [5.41, 5.74) is 0.374. The van der Waals surface area contributed by atoms with Gasteiger partial charge in [-0.15, -0.1) is 0 Å². The third kappa shape index (κ3) is 3.84. The van der Waals surface area contributed by atoms with Gasteiger partial charge in [0.25, 0.3) is 11.3 Å². The Balaban J connectivity index is 2.11. The zero-order valence-electron chi connectivity index (χ0n) is 12.4. The highest BCUT2D eigenvalue weighted by Gasteiger charge is 2.19. The van der Waals surface area contributed by atoms with Gasteiger partial charge in [-0.1, -0.05) is 25.6 Å². The topological polar surface area (TPSA) is 89.3 Å². The molecule has 0 amide bonds. The maximum Gasteiger partial charge on any atom is 0.319 e. The third-order valence-corrected chi connectivity index (χ3v) is 3.57. The van der Waals surface area contributed by atoms with Crippen LogP contribution in [-0.2, 0) is 9.53 Å². The molecule has 0 spiro atoms. The largest absolute Gasteiger partial charge is 0.465 e. The fourth-order valence-electron chi connectivity index (χ4n) is 1.61. The highest BCUT2D eigenvalue weighted by atomic mass is 32.2. The molecule has 2 heterocycles. The standard InChI is InChI=1S/C13H18N4O3S/c1-7(2)6-20-11(19)9(4)21-13-15-12-14-8(3)5-10(18)17(12)16-13/h5,7,9H,6H2,1-4H3,(H,14,15,16). The molecule has 1 unspecified atom stereocenters. The van der Waals surface area contributed by atoms with Gasteiger partial charge in [-0.3, -0.25) is 14.7 Å². The molecule has 0 fully saturated rings. The van der Waals surface area contributed by atoms with Crippen LogP contribution in [0.4, 0.5) is 0 Å². The van der Waals surface area contributed by atoms with Crippen LogP contribution in [0.3, 0.4) is 0 Å². The van der Waals surface area contributed by atoms with Gasteiger partial charge in [0, 0.05) is 11.8 Å². The molecule has 0 aliphatic rings. The second-order valence-corrected chi connectivity index (χ2v) is 6.51. The Hall–Kier alpha value is -1.83. The number of aryl methyl sites for hydroxylation is 1. The molecule has 0 aliphatic heterocycles. The fraction of sp³-hybridized carbons (Fsp3) is 0.538. The number of hydrogen-bond acceptors (Lipinski definition) is 6. The number of esters is 1. The van der Waals surface area contributed by atoms with Gasteiger partial charge in [0.05, 0.1) is 6.61 Å². The normalized spacial score (nSPS) is 12.8. The van der Waals surface area contributed by atoms with Gasteiger partial charge in [-0.25, -0.2) is 4.98 Å². The van der Waals surface area contributed by atoms with Gasteiger partial charge >= 0.3 is 5.97 Å². The van der Waals surface area contributed by atoms with E-state index in [0.717, 1.165) is 0 Å². The molecule has 0 bridgehead atoms. The Morgan fingerprint density at radius 3 is 2.81 bits per heavy atom. The highest BCUT2D eigenvalue weighted by Crippen LogP contribution is 2.20. The molecule has 8 heteroatoms. The van der Waals surface area contributed by atoms with Crippen molar-refractivity contribution in [2.75, 3.05) is 6.61 Å². The second kappa shape index (κ2) is 6.30. The lowest BCUT2D eigenvalue weighted by atomic mass is 10.2. The molecule has 0 saturated carbocycles. The number of aromatic amines is 1. The summed E-state index contributed by atoms with van der Waals surface area (Å²) in [6.45, 7) is 7.82. The molecular weight excluding hydrogens is 292 g/mol. The summed E-state index contributed by atoms with van der Waals surface area (Å²) in [5.74, 6) is 0.291. The molecule has 1 N–H and O–H groups in total. The van der Waals surface area contributed by atoms with Gasteiger partial charge in [0.15, 0.2) is 5.16 Å². The molecule has 2 aromatic rings. The van der Waals surface area contributed by atoms with Crippen molar-refractivity contribution in [1.29, 1.82) is 0 Å². The maximum absolute atomic E-state index is 11.8. The van der Waals surface area contributed by atoms with Crippen molar-refractivity contribution >= 4 is 23.5 Å². The van der Waals surface area contributed by atoms with Crippen molar-refractivity contribution in [3.63, 3.8) is 0 Å². The van der Waals surface area contributed by atoms with E-state index in [-0.39, 0.29) is 11.5 Å². The molecule has 1 atom stereocenters. The van der Waals surface area contributed by atoms with Gasteiger partial charge < -0.3 is 4.74 Å². The Morgan fingerprint density at radius 1 is 1.43 bits per heavy atom. The van der Waals surface area contributed by atoms with Crippen LogP contribution in [0.5, 0.6) is 0 Å². The molecule has 0 saturated heterocycles. The average Bonchev–Trinajstić information content (AvgIpc) is 2.78. The molecule has 114 valence electrons. The lowest BCUT2D eigenvalue weighted by molar-refractivity contribution is -0.143. The number of ether oxygens (including phenoxy) is 1. The van der Waals surface area contributed by atoms with Gasteiger partial charge in [0.1, 0.15) is 5.25 Å². The van der Waals surface area contributed by atoms with Crippen LogP contribution in [0, 0.1) is 12.8 Å². The van der Waals surface area contributed by atoms with Crippen molar-refractivity contribution < 1.29 is 9.53 Å². The zero-order valence-corrected chi connectivity index (χ0v) is 13.2. The first-order valence-electron chi connectivity index (χ1n) is 6.66. The van der Waals surface area contributed by atoms with Crippen LogP contribution in [0.1, 0.15) is 26.5 Å². The summed E-state index contributed by atoms with van der Waals surface area (Å²) in [6.07, 6.45) is 0. The van der Waals surface area contributed by atoms with E-state index in [1.807, 2.05) is 13.8 Å². The molecular formula is C13H18N4O3S. The van der Waals surface area contributed by atoms with Gasteiger partial charge in [-0.2, -0.15) is 9.50 Å². The van der Waals surface area contributed by atoms with Crippen LogP contribution >= 0.6 is 11.8 Å². The Bertz CT molecular complexity index is 707. The molecule has 2 rings (SSSR count). The lowest BCUT2D eigenvalue weighted by Gasteiger charge is -2.10. The number of H-pyrrole nitrogens is 1. The minimum atomic E-state index is -0.416. The number of nitrogens with zero attached hydrogens (tertiary/aromatic N) is 3. The van der Waals surface area contributed by atoms with Crippen LogP contribution in [0.15, 0.2) is 16.0 Å². The highest BCUT2D eigenvalue weighted by molar-refractivity contribution is 8.00. The van der Waals surface area contributed by atoms with E-state index in [4.69, 9.17) is 4.74 Å². The first-order chi connectivity index (χ1) is 9.86. The summed E-state index contributed by atoms with van der Waals surface area (Å²) >= 11 is 1.20. The quantitative estimate of drug-likeness (QED) is 0.663. The predicted octanol–water partition coefficient (Wildman–Crippen LogP) is 1.41. The van der Waals surface area contributed by atoms with Crippen molar-refractivity contribution in [2.24, 2.45) is 5.92 Å². The first kappa shape index (κ1) is 15.6. The smallest absolute Gasteiger partial charge is 0.319 e. The molecule has 0 radical (unpaired) electrons. The van der Waals surface area contributed by atoms with Gasteiger partial charge in [-0.05, 0) is 19.8 Å². The number of nitrogens with one attached hydrogen (secondary N) is 1. The van der Waals surface area contributed by atoms with Crippen LogP contribution in [-0.4, -0.2) is 37.4 Å². The van der Waals surface area contributed by atoms with E-state index < -0.39 is 5.25 Å². The molecule has 7 nitrogen and oxygen atoms in total. The second-order valence-electron chi connectivity index (χ2n) is 5.18. The number of carbonyl (C=O) groups is 1. The van der Waals surface area contributed by atoms with E-state index in [9.17, 15) is 9.59 Å². The SMILES string of the molecule is Cc1cc(=O)n2[nH]c(SC(C)C(=O)OCC(C)C)nc2n1. The number of carbonyl (C=O) groups excluding carboxylic acids is 1. The number of rotatable bonds is 5. The van der Waals surface area contributed by atoms with E-state index in [1.165, 1.54) is 22.3 Å². The van der Waals surface area contributed by atoms with Crippen molar-refractivity contribution in [1.82, 2.24) is 19.6 Å². The minimum Gasteiger partial charge on any atom is -0.465 e. The number of hydrogen-bond donors (Lipinski definition) is 1. The van der Waals surface area contributed by atoms with Crippen LogP contribution in [0.2, 0.25) is 0 Å². The van der Waals surface area contributed by atoms with Crippen molar-refractivity contribution in [2.45, 2.75) is 38.1 Å².